The van der Waals surface area contributed by atoms with Crippen LogP contribution in [-0.2, 0) is 0 Å². The summed E-state index contributed by atoms with van der Waals surface area (Å²) in [5.74, 6) is 0.866. The maximum Gasteiger partial charge on any atom is 0.332 e. The second-order valence-corrected chi connectivity index (χ2v) is 5.48. The van der Waals surface area contributed by atoms with E-state index in [1.54, 1.807) is 6.92 Å². The van der Waals surface area contributed by atoms with E-state index in [1.165, 1.54) is 6.42 Å². The first-order chi connectivity index (χ1) is 8.97. The van der Waals surface area contributed by atoms with E-state index in [0.717, 1.165) is 19.3 Å². The van der Waals surface area contributed by atoms with Crippen molar-refractivity contribution in [1.82, 2.24) is 9.97 Å². The fourth-order valence-corrected chi connectivity index (χ4v) is 2.82. The zero-order chi connectivity index (χ0) is 14.0. The summed E-state index contributed by atoms with van der Waals surface area (Å²) in [5, 5.41) is 14.3. The Labute approximate surface area is 116 Å². The molecule has 0 bridgehead atoms. The Morgan fingerprint density at radius 1 is 1.42 bits per heavy atom. The third kappa shape index (κ3) is 3.32. The fourth-order valence-electron chi connectivity index (χ4n) is 2.61. The van der Waals surface area contributed by atoms with Crippen LogP contribution < -0.4 is 5.32 Å². The zero-order valence-corrected chi connectivity index (χ0v) is 11.8. The van der Waals surface area contributed by atoms with E-state index >= 15 is 0 Å². The normalized spacial score (nSPS) is 23.1. The molecule has 1 aliphatic rings. The second-order valence-electron chi connectivity index (χ2n) is 5.15. The van der Waals surface area contributed by atoms with Crippen LogP contribution in [0.25, 0.3) is 0 Å². The van der Waals surface area contributed by atoms with Gasteiger partial charge in [0.2, 0.25) is 11.1 Å². The van der Waals surface area contributed by atoms with Gasteiger partial charge in [-0.25, -0.2) is 4.98 Å². The minimum atomic E-state index is -0.458. The molecule has 1 aromatic rings. The predicted octanol–water partition coefficient (Wildman–Crippen LogP) is 3.34. The number of anilines is 1. The van der Waals surface area contributed by atoms with Crippen LogP contribution >= 0.6 is 11.6 Å². The summed E-state index contributed by atoms with van der Waals surface area (Å²) < 4.78 is 0. The Bertz CT molecular complexity index is 495. The molecule has 2 atom stereocenters. The van der Waals surface area contributed by atoms with Gasteiger partial charge in [-0.2, -0.15) is 4.98 Å². The summed E-state index contributed by atoms with van der Waals surface area (Å²) in [5.41, 5.74) is 0.207. The minimum absolute atomic E-state index is 0.0365. The van der Waals surface area contributed by atoms with Crippen LogP contribution in [0.2, 0.25) is 5.28 Å². The van der Waals surface area contributed by atoms with Crippen molar-refractivity contribution in [2.75, 3.05) is 5.32 Å². The lowest BCUT2D eigenvalue weighted by Gasteiger charge is -2.27. The smallest absolute Gasteiger partial charge is 0.332 e. The van der Waals surface area contributed by atoms with Gasteiger partial charge >= 0.3 is 5.69 Å². The molecule has 104 valence electrons. The summed E-state index contributed by atoms with van der Waals surface area (Å²) in [4.78, 5) is 18.5. The molecule has 1 fully saturated rings. The number of halogens is 1. The maximum atomic E-state index is 11.1. The van der Waals surface area contributed by atoms with E-state index in [2.05, 4.69) is 22.2 Å². The molecule has 7 heteroatoms. The number of aromatic nitrogens is 2. The molecule has 1 aromatic heterocycles. The van der Waals surface area contributed by atoms with Crippen LogP contribution in [0.15, 0.2) is 0 Å². The molecule has 0 saturated heterocycles. The number of nitrogens with zero attached hydrogens (tertiary/aromatic N) is 3. The first-order valence-electron chi connectivity index (χ1n) is 6.42. The van der Waals surface area contributed by atoms with Gasteiger partial charge in [0.05, 0.1) is 4.92 Å². The van der Waals surface area contributed by atoms with Crippen molar-refractivity contribution in [1.29, 1.82) is 0 Å². The molecular weight excluding hydrogens is 268 g/mol. The number of aryl methyl sites for hydroxylation is 1. The predicted molar refractivity (Wildman–Crippen MR) is 73.5 cm³/mol. The van der Waals surface area contributed by atoms with Gasteiger partial charge in [-0.3, -0.25) is 10.1 Å². The molecule has 6 nitrogen and oxygen atoms in total. The van der Waals surface area contributed by atoms with Crippen molar-refractivity contribution in [2.45, 2.75) is 45.6 Å². The molecule has 2 unspecified atom stereocenters. The lowest BCUT2D eigenvalue weighted by Crippen LogP contribution is -2.27. The number of nitrogens with one attached hydrogen (secondary N) is 1. The first kappa shape index (κ1) is 14.0. The maximum absolute atomic E-state index is 11.1. The summed E-state index contributed by atoms with van der Waals surface area (Å²) in [6.45, 7) is 3.76. The molecule has 0 aliphatic heterocycles. The number of nitro groups is 1. The molecular formula is C12H17ClN4O2. The zero-order valence-electron chi connectivity index (χ0n) is 11.0. The summed E-state index contributed by atoms with van der Waals surface area (Å²) in [7, 11) is 0. The Morgan fingerprint density at radius 3 is 2.79 bits per heavy atom. The van der Waals surface area contributed by atoms with E-state index in [0.29, 0.717) is 5.92 Å². The highest BCUT2D eigenvalue weighted by atomic mass is 35.5. The van der Waals surface area contributed by atoms with Gasteiger partial charge in [0.25, 0.3) is 0 Å². The molecule has 1 N–H and O–H groups in total. The SMILES string of the molecule is Cc1nc(Cl)nc(NC2CCCC(C)C2)c1[N+](=O)[O-]. The molecule has 2 rings (SSSR count). The van der Waals surface area contributed by atoms with Crippen LogP contribution in [0.1, 0.15) is 38.3 Å². The molecule has 1 saturated carbocycles. The minimum Gasteiger partial charge on any atom is -0.361 e. The molecule has 0 spiro atoms. The third-order valence-corrected chi connectivity index (χ3v) is 3.66. The largest absolute Gasteiger partial charge is 0.361 e. The Balaban J connectivity index is 2.25. The second kappa shape index (κ2) is 5.69. The van der Waals surface area contributed by atoms with Crippen molar-refractivity contribution in [3.05, 3.63) is 21.1 Å². The fraction of sp³-hybridized carbons (Fsp3) is 0.667. The Kier molecular flexibility index (Phi) is 4.19. The van der Waals surface area contributed by atoms with E-state index in [-0.39, 0.29) is 28.5 Å². The van der Waals surface area contributed by atoms with Crippen molar-refractivity contribution in [2.24, 2.45) is 5.92 Å². The molecule has 19 heavy (non-hydrogen) atoms. The summed E-state index contributed by atoms with van der Waals surface area (Å²) >= 11 is 5.79. The quantitative estimate of drug-likeness (QED) is 0.523. The van der Waals surface area contributed by atoms with Crippen LogP contribution in [0, 0.1) is 23.0 Å². The van der Waals surface area contributed by atoms with Gasteiger partial charge in [-0.1, -0.05) is 19.8 Å². The summed E-state index contributed by atoms with van der Waals surface area (Å²) in [6.07, 6.45) is 4.34. The van der Waals surface area contributed by atoms with E-state index < -0.39 is 4.92 Å². The van der Waals surface area contributed by atoms with E-state index in [9.17, 15) is 10.1 Å². The monoisotopic (exact) mass is 284 g/mol. The van der Waals surface area contributed by atoms with Gasteiger partial charge < -0.3 is 5.32 Å². The van der Waals surface area contributed by atoms with Crippen molar-refractivity contribution >= 4 is 23.1 Å². The number of hydrogen-bond acceptors (Lipinski definition) is 5. The van der Waals surface area contributed by atoms with Crippen molar-refractivity contribution < 1.29 is 4.92 Å². The highest BCUT2D eigenvalue weighted by molar-refractivity contribution is 6.28. The van der Waals surface area contributed by atoms with E-state index in [4.69, 9.17) is 11.6 Å². The highest BCUT2D eigenvalue weighted by Gasteiger charge is 2.26. The number of rotatable bonds is 3. The van der Waals surface area contributed by atoms with Gasteiger partial charge in [-0.05, 0) is 37.3 Å². The van der Waals surface area contributed by atoms with Crippen molar-refractivity contribution in [3.63, 3.8) is 0 Å². The topological polar surface area (TPSA) is 81.0 Å². The lowest BCUT2D eigenvalue weighted by molar-refractivity contribution is -0.385. The molecule has 0 amide bonds. The highest BCUT2D eigenvalue weighted by Crippen LogP contribution is 2.31. The number of hydrogen-bond donors (Lipinski definition) is 1. The van der Waals surface area contributed by atoms with Crippen LogP contribution in [0.5, 0.6) is 0 Å². The van der Waals surface area contributed by atoms with E-state index in [1.807, 2.05) is 0 Å². The van der Waals surface area contributed by atoms with Gasteiger partial charge in [0, 0.05) is 6.04 Å². The summed E-state index contributed by atoms with van der Waals surface area (Å²) in [6, 6.07) is 0.216. The average Bonchev–Trinajstić information content (AvgIpc) is 2.26. The molecule has 0 radical (unpaired) electrons. The van der Waals surface area contributed by atoms with Gasteiger partial charge in [-0.15, -0.1) is 0 Å². The third-order valence-electron chi connectivity index (χ3n) is 3.49. The Morgan fingerprint density at radius 2 is 2.16 bits per heavy atom. The first-order valence-corrected chi connectivity index (χ1v) is 6.80. The molecule has 0 aromatic carbocycles. The standard InChI is InChI=1S/C12H17ClN4O2/c1-7-4-3-5-9(6-7)15-11-10(17(18)19)8(2)14-12(13)16-11/h7,9H,3-6H2,1-2H3,(H,14,15,16). The van der Waals surface area contributed by atoms with Gasteiger partial charge in [0.1, 0.15) is 5.69 Å². The van der Waals surface area contributed by atoms with Crippen LogP contribution in [-0.4, -0.2) is 20.9 Å². The molecule has 1 heterocycles. The Hall–Kier alpha value is -1.43. The lowest BCUT2D eigenvalue weighted by atomic mass is 9.87. The van der Waals surface area contributed by atoms with Crippen molar-refractivity contribution in [3.8, 4) is 0 Å². The van der Waals surface area contributed by atoms with Gasteiger partial charge in [0.15, 0.2) is 0 Å². The van der Waals surface area contributed by atoms with Crippen LogP contribution in [0.3, 0.4) is 0 Å². The van der Waals surface area contributed by atoms with Crippen LogP contribution in [0.4, 0.5) is 11.5 Å². The average molecular weight is 285 g/mol. The molecule has 1 aliphatic carbocycles.